The lowest BCUT2D eigenvalue weighted by molar-refractivity contribution is 0.238. The fourth-order valence-electron chi connectivity index (χ4n) is 1.69. The summed E-state index contributed by atoms with van der Waals surface area (Å²) in [4.78, 5) is 0. The maximum atomic E-state index is 9.35. The van der Waals surface area contributed by atoms with Gasteiger partial charge in [0, 0.05) is 12.6 Å². The number of aliphatic hydroxyl groups is 1. The van der Waals surface area contributed by atoms with E-state index in [9.17, 15) is 5.11 Å². The van der Waals surface area contributed by atoms with Crippen LogP contribution in [-0.4, -0.2) is 26.5 Å². The van der Waals surface area contributed by atoms with Gasteiger partial charge in [0.2, 0.25) is 0 Å². The van der Waals surface area contributed by atoms with Crippen LogP contribution in [0.3, 0.4) is 0 Å². The molecule has 0 saturated carbocycles. The summed E-state index contributed by atoms with van der Waals surface area (Å²) in [5.74, 6) is 1.88. The van der Waals surface area contributed by atoms with Crippen molar-refractivity contribution in [2.75, 3.05) is 6.61 Å². The largest absolute Gasteiger partial charge is 0.490 e. The molecule has 0 aliphatic carbocycles. The van der Waals surface area contributed by atoms with Crippen molar-refractivity contribution in [1.82, 2.24) is 14.8 Å². The minimum absolute atomic E-state index is 0.102. The van der Waals surface area contributed by atoms with Gasteiger partial charge in [-0.2, -0.15) is 0 Å². The Hall–Kier alpha value is -2.08. The van der Waals surface area contributed by atoms with Gasteiger partial charge in [-0.3, -0.25) is 0 Å². The molecule has 0 amide bonds. The van der Waals surface area contributed by atoms with Gasteiger partial charge in [0.1, 0.15) is 12.9 Å². The molecule has 0 radical (unpaired) electrons. The average molecular weight is 263 g/mol. The topological polar surface area (TPSA) is 69.4 Å². The minimum atomic E-state index is -0.102. The lowest BCUT2D eigenvalue weighted by atomic mass is 10.2. The molecule has 0 atom stereocenters. The van der Waals surface area contributed by atoms with E-state index in [0.29, 0.717) is 29.5 Å². The molecule has 6 nitrogen and oxygen atoms in total. The number of aliphatic hydroxyl groups excluding tert-OH is 1. The number of hydrogen-bond acceptors (Lipinski definition) is 5. The highest BCUT2D eigenvalue weighted by Crippen LogP contribution is 2.32. The van der Waals surface area contributed by atoms with Gasteiger partial charge in [-0.05, 0) is 13.0 Å². The van der Waals surface area contributed by atoms with Crippen LogP contribution in [0.25, 0.3) is 0 Å². The van der Waals surface area contributed by atoms with Gasteiger partial charge >= 0.3 is 0 Å². The molecule has 1 aromatic heterocycles. The Morgan fingerprint density at radius 1 is 1.32 bits per heavy atom. The first-order valence-electron chi connectivity index (χ1n) is 6.07. The number of rotatable bonds is 6. The highest BCUT2D eigenvalue weighted by molar-refractivity contribution is 5.46. The monoisotopic (exact) mass is 263 g/mol. The van der Waals surface area contributed by atoms with Crippen molar-refractivity contribution in [3.8, 4) is 11.5 Å². The van der Waals surface area contributed by atoms with E-state index in [1.54, 1.807) is 17.0 Å². The van der Waals surface area contributed by atoms with Crippen molar-refractivity contribution in [1.29, 1.82) is 0 Å². The van der Waals surface area contributed by atoms with Crippen LogP contribution in [-0.2, 0) is 20.3 Å². The molecule has 0 fully saturated rings. The predicted octanol–water partition coefficient (Wildman–Crippen LogP) is 1.29. The summed E-state index contributed by atoms with van der Waals surface area (Å²) in [5.41, 5.74) is 0.688. The summed E-state index contributed by atoms with van der Waals surface area (Å²) < 4.78 is 13.0. The second-order valence-electron chi connectivity index (χ2n) is 3.98. The third kappa shape index (κ3) is 3.03. The smallest absolute Gasteiger partial charge is 0.170 e. The highest BCUT2D eigenvalue weighted by atomic mass is 16.5. The van der Waals surface area contributed by atoms with Gasteiger partial charge in [-0.25, -0.2) is 0 Å². The normalized spacial score (nSPS) is 10.5. The van der Waals surface area contributed by atoms with E-state index >= 15 is 0 Å². The fraction of sp³-hybridized carbons (Fsp3) is 0.385. The number of aryl methyl sites for hydroxylation is 1. The molecule has 0 unspecified atom stereocenters. The fourth-order valence-corrected chi connectivity index (χ4v) is 1.69. The molecule has 0 aliphatic rings. The Kier molecular flexibility index (Phi) is 4.35. The van der Waals surface area contributed by atoms with Crippen LogP contribution in [0.1, 0.15) is 18.3 Å². The van der Waals surface area contributed by atoms with Crippen LogP contribution in [0, 0.1) is 0 Å². The summed E-state index contributed by atoms with van der Waals surface area (Å²) in [6, 6.07) is 5.44. The van der Waals surface area contributed by atoms with E-state index < -0.39 is 0 Å². The van der Waals surface area contributed by atoms with E-state index in [4.69, 9.17) is 9.47 Å². The van der Waals surface area contributed by atoms with E-state index in [2.05, 4.69) is 10.2 Å². The minimum Gasteiger partial charge on any atom is -0.490 e. The Morgan fingerprint density at radius 3 is 2.79 bits per heavy atom. The molecule has 1 aromatic carbocycles. The molecule has 2 aromatic rings. The first-order valence-corrected chi connectivity index (χ1v) is 6.07. The van der Waals surface area contributed by atoms with Gasteiger partial charge in [-0.15, -0.1) is 10.2 Å². The quantitative estimate of drug-likeness (QED) is 0.850. The predicted molar refractivity (Wildman–Crippen MR) is 68.9 cm³/mol. The van der Waals surface area contributed by atoms with E-state index in [0.717, 1.165) is 0 Å². The molecule has 102 valence electrons. The second-order valence-corrected chi connectivity index (χ2v) is 3.98. The van der Waals surface area contributed by atoms with Crippen molar-refractivity contribution in [2.45, 2.75) is 20.1 Å². The first kappa shape index (κ1) is 13.4. The Balaban J connectivity index is 2.20. The third-order valence-electron chi connectivity index (χ3n) is 2.68. The zero-order chi connectivity index (χ0) is 13.7. The number of para-hydroxylation sites is 1. The third-order valence-corrected chi connectivity index (χ3v) is 2.68. The molecule has 0 aliphatic heterocycles. The maximum Gasteiger partial charge on any atom is 0.170 e. The standard InChI is InChI=1S/C13H17N3O3/c1-3-18-11-6-4-5-10(7-17)13(11)19-8-12-15-14-9-16(12)2/h4-6,9,17H,3,7-8H2,1-2H3. The highest BCUT2D eigenvalue weighted by Gasteiger charge is 2.12. The molecular formula is C13H17N3O3. The summed E-state index contributed by atoms with van der Waals surface area (Å²) >= 11 is 0. The van der Waals surface area contributed by atoms with Crippen LogP contribution >= 0.6 is 0 Å². The van der Waals surface area contributed by atoms with Gasteiger partial charge in [0.15, 0.2) is 17.3 Å². The van der Waals surface area contributed by atoms with E-state index in [1.165, 1.54) is 0 Å². The van der Waals surface area contributed by atoms with Crippen molar-refractivity contribution in [3.63, 3.8) is 0 Å². The van der Waals surface area contributed by atoms with Crippen LogP contribution in [0.2, 0.25) is 0 Å². The molecule has 2 rings (SSSR count). The number of hydrogen-bond donors (Lipinski definition) is 1. The van der Waals surface area contributed by atoms with Crippen LogP contribution in [0.4, 0.5) is 0 Å². The van der Waals surface area contributed by atoms with Gasteiger partial charge in [-0.1, -0.05) is 12.1 Å². The van der Waals surface area contributed by atoms with Crippen LogP contribution < -0.4 is 9.47 Å². The molecular weight excluding hydrogens is 246 g/mol. The van der Waals surface area contributed by atoms with Crippen molar-refractivity contribution >= 4 is 0 Å². The number of ether oxygens (including phenoxy) is 2. The Morgan fingerprint density at radius 2 is 2.16 bits per heavy atom. The molecule has 19 heavy (non-hydrogen) atoms. The summed E-state index contributed by atoms with van der Waals surface area (Å²) in [7, 11) is 1.85. The first-order chi connectivity index (χ1) is 9.26. The van der Waals surface area contributed by atoms with Crippen molar-refractivity contribution in [2.24, 2.45) is 7.05 Å². The summed E-state index contributed by atoms with van der Waals surface area (Å²) in [6.07, 6.45) is 1.61. The van der Waals surface area contributed by atoms with Crippen molar-refractivity contribution < 1.29 is 14.6 Å². The van der Waals surface area contributed by atoms with Gasteiger partial charge in [0.25, 0.3) is 0 Å². The van der Waals surface area contributed by atoms with Crippen molar-refractivity contribution in [3.05, 3.63) is 35.9 Å². The molecule has 0 bridgehead atoms. The lowest BCUT2D eigenvalue weighted by Crippen LogP contribution is -2.06. The average Bonchev–Trinajstić information content (AvgIpc) is 2.83. The molecule has 1 heterocycles. The Labute approximate surface area is 111 Å². The number of aromatic nitrogens is 3. The van der Waals surface area contributed by atoms with Crippen LogP contribution in [0.15, 0.2) is 24.5 Å². The molecule has 1 N–H and O–H groups in total. The lowest BCUT2D eigenvalue weighted by Gasteiger charge is -2.14. The maximum absolute atomic E-state index is 9.35. The number of benzene rings is 1. The van der Waals surface area contributed by atoms with E-state index in [-0.39, 0.29) is 13.2 Å². The summed E-state index contributed by atoms with van der Waals surface area (Å²) in [6.45, 7) is 2.61. The summed E-state index contributed by atoms with van der Waals surface area (Å²) in [5, 5.41) is 17.1. The van der Waals surface area contributed by atoms with Gasteiger partial charge in [0.05, 0.1) is 13.2 Å². The van der Waals surface area contributed by atoms with E-state index in [1.807, 2.05) is 26.1 Å². The molecule has 0 saturated heterocycles. The zero-order valence-corrected chi connectivity index (χ0v) is 11.0. The second kappa shape index (κ2) is 6.19. The van der Waals surface area contributed by atoms with Crippen LogP contribution in [0.5, 0.6) is 11.5 Å². The molecule has 6 heteroatoms. The Bertz CT molecular complexity index is 540. The molecule has 0 spiro atoms. The SMILES string of the molecule is CCOc1cccc(CO)c1OCc1nncn1C. The van der Waals surface area contributed by atoms with Gasteiger partial charge < -0.3 is 19.1 Å². The number of nitrogens with zero attached hydrogens (tertiary/aromatic N) is 3. The zero-order valence-electron chi connectivity index (χ0n) is 11.0.